The van der Waals surface area contributed by atoms with Gasteiger partial charge < -0.3 is 20.5 Å². The molecule has 3 aromatic carbocycles. The molecule has 4 N–H and O–H groups in total. The summed E-state index contributed by atoms with van der Waals surface area (Å²) < 4.78 is 34.7. The highest BCUT2D eigenvalue weighted by molar-refractivity contribution is 7.89. The van der Waals surface area contributed by atoms with E-state index in [0.29, 0.717) is 28.9 Å². The van der Waals surface area contributed by atoms with Crippen LogP contribution in [-0.4, -0.2) is 39.2 Å². The van der Waals surface area contributed by atoms with Gasteiger partial charge >= 0.3 is 12.0 Å². The van der Waals surface area contributed by atoms with Gasteiger partial charge in [-0.1, -0.05) is 61.9 Å². The number of methoxy groups -OCH3 is 1. The van der Waals surface area contributed by atoms with Crippen LogP contribution in [0.1, 0.15) is 37.8 Å². The Morgan fingerprint density at radius 3 is 2.38 bits per heavy atom. The van der Waals surface area contributed by atoms with Crippen LogP contribution >= 0.6 is 0 Å². The normalized spacial score (nSPS) is 11.9. The fraction of sp³-hybridized carbons (Fsp3) is 0.259. The van der Waals surface area contributed by atoms with Crippen molar-refractivity contribution in [3.63, 3.8) is 0 Å². The van der Waals surface area contributed by atoms with Crippen molar-refractivity contribution in [1.29, 1.82) is 0 Å². The molecule has 9 nitrogen and oxygen atoms in total. The van der Waals surface area contributed by atoms with Gasteiger partial charge in [-0.2, -0.15) is 0 Å². The van der Waals surface area contributed by atoms with Gasteiger partial charge in [-0.3, -0.25) is 4.79 Å². The van der Waals surface area contributed by atoms with Crippen molar-refractivity contribution >= 4 is 27.7 Å². The standard InChI is InChI=1S/C27H31N3O6S/c1-3-4-15-28-27(33)29-22-12-8-11-20(16-22)21-13-14-24(36-2)25(17-21)37(34,35)30-23(18-26(31)32)19-9-6-5-7-10-19/h5-14,16-17,23,30H,3-4,15,18H2,1-2H3,(H,31,32)(H2,28,29,33)/t23-/m0/s1. The summed E-state index contributed by atoms with van der Waals surface area (Å²) in [5.74, 6) is -1.02. The van der Waals surface area contributed by atoms with Crippen molar-refractivity contribution in [1.82, 2.24) is 10.0 Å². The number of sulfonamides is 1. The highest BCUT2D eigenvalue weighted by Gasteiger charge is 2.26. The SMILES string of the molecule is CCCCNC(=O)Nc1cccc(-c2ccc(OC)c(S(=O)(=O)N[C@@H](CC(=O)O)c3ccccc3)c2)c1. The van der Waals surface area contributed by atoms with E-state index in [0.717, 1.165) is 12.8 Å². The second kappa shape index (κ2) is 12.9. The van der Waals surface area contributed by atoms with Crippen molar-refractivity contribution in [3.8, 4) is 16.9 Å². The van der Waals surface area contributed by atoms with Crippen LogP contribution in [0.3, 0.4) is 0 Å². The number of carbonyl (C=O) groups is 2. The lowest BCUT2D eigenvalue weighted by Gasteiger charge is -2.19. The van der Waals surface area contributed by atoms with Crippen LogP contribution in [0.15, 0.2) is 77.7 Å². The molecule has 0 radical (unpaired) electrons. The molecule has 0 bridgehead atoms. The molecule has 0 unspecified atom stereocenters. The number of unbranched alkanes of at least 4 members (excludes halogenated alkanes) is 1. The third kappa shape index (κ3) is 7.80. The maximum atomic E-state index is 13.4. The fourth-order valence-corrected chi connectivity index (χ4v) is 5.15. The third-order valence-corrected chi connectivity index (χ3v) is 7.09. The van der Waals surface area contributed by atoms with Crippen molar-refractivity contribution in [2.45, 2.75) is 37.1 Å². The molecule has 196 valence electrons. The minimum absolute atomic E-state index is 0.114. The first-order valence-corrected chi connectivity index (χ1v) is 13.3. The zero-order valence-corrected chi connectivity index (χ0v) is 21.5. The van der Waals surface area contributed by atoms with E-state index in [9.17, 15) is 23.1 Å². The Labute approximate surface area is 216 Å². The molecule has 2 amide bonds. The van der Waals surface area contributed by atoms with Crippen molar-refractivity contribution < 1.29 is 27.9 Å². The molecule has 0 aliphatic rings. The number of rotatable bonds is 12. The molecule has 3 aromatic rings. The Hall–Kier alpha value is -3.89. The van der Waals surface area contributed by atoms with Gasteiger partial charge in [-0.25, -0.2) is 17.9 Å². The van der Waals surface area contributed by atoms with Gasteiger partial charge in [0.05, 0.1) is 19.6 Å². The van der Waals surface area contributed by atoms with Gasteiger partial charge in [0.1, 0.15) is 10.6 Å². The first kappa shape index (κ1) is 27.7. The molecule has 0 saturated carbocycles. The topological polar surface area (TPSA) is 134 Å². The summed E-state index contributed by atoms with van der Waals surface area (Å²) in [5, 5.41) is 14.9. The van der Waals surface area contributed by atoms with Crippen LogP contribution in [0.25, 0.3) is 11.1 Å². The molecule has 0 aliphatic carbocycles. The molecule has 0 heterocycles. The Morgan fingerprint density at radius 2 is 1.70 bits per heavy atom. The molecule has 0 saturated heterocycles. The minimum atomic E-state index is -4.19. The molecule has 37 heavy (non-hydrogen) atoms. The van der Waals surface area contributed by atoms with E-state index < -0.39 is 28.5 Å². The van der Waals surface area contributed by atoms with Gasteiger partial charge in [0.25, 0.3) is 0 Å². The predicted molar refractivity (Wildman–Crippen MR) is 142 cm³/mol. The minimum Gasteiger partial charge on any atom is -0.495 e. The highest BCUT2D eigenvalue weighted by atomic mass is 32.2. The molecule has 10 heteroatoms. The Bertz CT molecular complexity index is 1330. The summed E-state index contributed by atoms with van der Waals surface area (Å²) in [5.41, 5.74) is 2.33. The average Bonchev–Trinajstić information content (AvgIpc) is 2.88. The number of hydrogen-bond acceptors (Lipinski definition) is 5. The van der Waals surface area contributed by atoms with E-state index in [1.807, 2.05) is 6.92 Å². The summed E-state index contributed by atoms with van der Waals surface area (Å²) in [6.45, 7) is 2.61. The lowest BCUT2D eigenvalue weighted by atomic mass is 10.0. The van der Waals surface area contributed by atoms with Crippen LogP contribution in [0, 0.1) is 0 Å². The van der Waals surface area contributed by atoms with Crippen LogP contribution in [0.2, 0.25) is 0 Å². The largest absolute Gasteiger partial charge is 0.495 e. The van der Waals surface area contributed by atoms with E-state index in [2.05, 4.69) is 15.4 Å². The summed E-state index contributed by atoms with van der Waals surface area (Å²) >= 11 is 0. The number of carbonyl (C=O) groups excluding carboxylic acids is 1. The van der Waals surface area contributed by atoms with Gasteiger partial charge in [0.2, 0.25) is 10.0 Å². The summed E-state index contributed by atoms with van der Waals surface area (Å²) in [6.07, 6.45) is 1.41. The van der Waals surface area contributed by atoms with Crippen molar-refractivity contribution in [2.75, 3.05) is 19.0 Å². The van der Waals surface area contributed by atoms with E-state index >= 15 is 0 Å². The Morgan fingerprint density at radius 1 is 0.973 bits per heavy atom. The number of benzene rings is 3. The lowest BCUT2D eigenvalue weighted by Crippen LogP contribution is -2.30. The lowest BCUT2D eigenvalue weighted by molar-refractivity contribution is -0.137. The molecule has 0 aromatic heterocycles. The number of carboxylic acid groups (broad SMARTS) is 1. The van der Waals surface area contributed by atoms with Gasteiger partial charge in [-0.15, -0.1) is 0 Å². The van der Waals surface area contributed by atoms with E-state index in [1.54, 1.807) is 60.7 Å². The highest BCUT2D eigenvalue weighted by Crippen LogP contribution is 2.32. The molecule has 1 atom stereocenters. The number of aliphatic carboxylic acids is 1. The second-order valence-corrected chi connectivity index (χ2v) is 10.0. The summed E-state index contributed by atoms with van der Waals surface area (Å²) in [7, 11) is -2.82. The van der Waals surface area contributed by atoms with Gasteiger partial charge in [0.15, 0.2) is 0 Å². The number of hydrogen-bond donors (Lipinski definition) is 4. The van der Waals surface area contributed by atoms with Crippen molar-refractivity contribution in [3.05, 3.63) is 78.4 Å². The monoisotopic (exact) mass is 525 g/mol. The first-order chi connectivity index (χ1) is 17.7. The number of nitrogens with one attached hydrogen (secondary N) is 3. The summed E-state index contributed by atoms with van der Waals surface area (Å²) in [4.78, 5) is 23.5. The molecule has 0 aliphatic heterocycles. The van der Waals surface area contributed by atoms with Crippen LogP contribution in [-0.2, 0) is 14.8 Å². The smallest absolute Gasteiger partial charge is 0.319 e. The van der Waals surface area contributed by atoms with Crippen LogP contribution in [0.5, 0.6) is 5.75 Å². The van der Waals surface area contributed by atoms with Crippen LogP contribution < -0.4 is 20.1 Å². The second-order valence-electron chi connectivity index (χ2n) is 8.36. The van der Waals surface area contributed by atoms with E-state index in [1.165, 1.54) is 19.2 Å². The predicted octanol–water partition coefficient (Wildman–Crippen LogP) is 4.78. The van der Waals surface area contributed by atoms with Gasteiger partial charge in [0, 0.05) is 12.2 Å². The number of carboxylic acids is 1. The third-order valence-electron chi connectivity index (χ3n) is 5.60. The van der Waals surface area contributed by atoms with Crippen LogP contribution in [0.4, 0.5) is 10.5 Å². The number of urea groups is 1. The maximum absolute atomic E-state index is 13.4. The Kier molecular flexibility index (Phi) is 9.64. The average molecular weight is 526 g/mol. The molecule has 0 fully saturated rings. The molecule has 3 rings (SSSR count). The quantitative estimate of drug-likeness (QED) is 0.252. The Balaban J connectivity index is 1.91. The van der Waals surface area contributed by atoms with Crippen molar-refractivity contribution in [2.24, 2.45) is 0 Å². The maximum Gasteiger partial charge on any atom is 0.319 e. The molecular formula is C27H31N3O6S. The summed E-state index contributed by atoms with van der Waals surface area (Å²) in [6, 6.07) is 19.0. The number of amides is 2. The van der Waals surface area contributed by atoms with Gasteiger partial charge in [-0.05, 0) is 47.4 Å². The van der Waals surface area contributed by atoms with E-state index in [4.69, 9.17) is 4.74 Å². The number of anilines is 1. The van der Waals surface area contributed by atoms with E-state index in [-0.39, 0.29) is 16.7 Å². The molecular weight excluding hydrogens is 494 g/mol. The zero-order chi connectivity index (χ0) is 26.8. The first-order valence-electron chi connectivity index (χ1n) is 11.9. The number of ether oxygens (including phenoxy) is 1. The molecule has 0 spiro atoms. The zero-order valence-electron chi connectivity index (χ0n) is 20.7. The fourth-order valence-electron chi connectivity index (χ4n) is 3.74.